The van der Waals surface area contributed by atoms with Gasteiger partial charge in [0, 0.05) is 42.1 Å². The summed E-state index contributed by atoms with van der Waals surface area (Å²) in [4.78, 5) is 17.7. The number of aromatic nitrogens is 1. The first-order valence-corrected chi connectivity index (χ1v) is 10.9. The largest absolute Gasteiger partial charge is 0.395 e. The molecule has 164 valence electrons. The molecule has 5 heteroatoms. The maximum Gasteiger partial charge on any atom is 0.253 e. The van der Waals surface area contributed by atoms with Gasteiger partial charge in [-0.15, -0.1) is 0 Å². The molecular weight excluding hydrogens is 398 g/mol. The molecule has 0 aliphatic heterocycles. The van der Waals surface area contributed by atoms with E-state index in [1.807, 2.05) is 61.5 Å². The molecule has 3 N–H and O–H groups in total. The lowest BCUT2D eigenvalue weighted by Crippen LogP contribution is -2.26. The van der Waals surface area contributed by atoms with Gasteiger partial charge in [-0.05, 0) is 78.4 Å². The molecule has 4 rings (SSSR count). The molecule has 1 aromatic heterocycles. The molecule has 0 atom stereocenters. The SMILES string of the molecule is Cc1cc2cc(CNc3ccc(N(CCO)Cc4ccccc4)cc3)c(=O)[nH]c2cc1C. The number of anilines is 2. The van der Waals surface area contributed by atoms with Gasteiger partial charge in [-0.2, -0.15) is 0 Å². The van der Waals surface area contributed by atoms with Gasteiger partial charge in [-0.3, -0.25) is 4.79 Å². The zero-order valence-corrected chi connectivity index (χ0v) is 18.6. The number of rotatable bonds is 8. The van der Waals surface area contributed by atoms with Gasteiger partial charge >= 0.3 is 0 Å². The summed E-state index contributed by atoms with van der Waals surface area (Å²) in [6, 6.07) is 24.4. The second kappa shape index (κ2) is 9.71. The van der Waals surface area contributed by atoms with Gasteiger partial charge in [-0.1, -0.05) is 30.3 Å². The van der Waals surface area contributed by atoms with E-state index in [9.17, 15) is 9.90 Å². The van der Waals surface area contributed by atoms with E-state index in [4.69, 9.17) is 0 Å². The first kappa shape index (κ1) is 21.7. The van der Waals surface area contributed by atoms with E-state index in [2.05, 4.69) is 40.3 Å². The van der Waals surface area contributed by atoms with Crippen LogP contribution in [0.15, 0.2) is 77.6 Å². The lowest BCUT2D eigenvalue weighted by Gasteiger charge is -2.24. The maximum atomic E-state index is 12.5. The Bertz CT molecular complexity index is 1250. The highest BCUT2D eigenvalue weighted by atomic mass is 16.3. The van der Waals surface area contributed by atoms with Gasteiger partial charge in [0.2, 0.25) is 0 Å². The van der Waals surface area contributed by atoms with Crippen LogP contribution in [0.2, 0.25) is 0 Å². The fourth-order valence-corrected chi connectivity index (χ4v) is 3.86. The monoisotopic (exact) mass is 427 g/mol. The minimum absolute atomic E-state index is 0.0677. The van der Waals surface area contributed by atoms with Gasteiger partial charge in [0.15, 0.2) is 0 Å². The van der Waals surface area contributed by atoms with Gasteiger partial charge in [0.1, 0.15) is 0 Å². The van der Waals surface area contributed by atoms with E-state index in [1.54, 1.807) is 0 Å². The molecule has 3 aromatic carbocycles. The molecule has 0 radical (unpaired) electrons. The standard InChI is InChI=1S/C27H29N3O2/c1-19-14-22-16-23(27(32)29-26(22)15-20(19)2)17-28-24-8-10-25(11-9-24)30(12-13-31)18-21-6-4-3-5-7-21/h3-11,14-16,28,31H,12-13,17-18H2,1-2H3,(H,29,32). The summed E-state index contributed by atoms with van der Waals surface area (Å²) in [6.07, 6.45) is 0. The fraction of sp³-hybridized carbons (Fsp3) is 0.222. The van der Waals surface area contributed by atoms with Gasteiger partial charge in [0.25, 0.3) is 5.56 Å². The highest BCUT2D eigenvalue weighted by Gasteiger charge is 2.08. The second-order valence-electron chi connectivity index (χ2n) is 8.18. The number of fused-ring (bicyclic) bond motifs is 1. The number of nitrogens with one attached hydrogen (secondary N) is 2. The average Bonchev–Trinajstić information content (AvgIpc) is 2.80. The Morgan fingerprint density at radius 2 is 1.66 bits per heavy atom. The molecule has 0 saturated heterocycles. The Morgan fingerprint density at radius 3 is 2.38 bits per heavy atom. The van der Waals surface area contributed by atoms with Crippen LogP contribution in [0.1, 0.15) is 22.3 Å². The number of hydrogen-bond acceptors (Lipinski definition) is 4. The van der Waals surface area contributed by atoms with Crippen LogP contribution in [0.25, 0.3) is 10.9 Å². The predicted molar refractivity (Wildman–Crippen MR) is 132 cm³/mol. The van der Waals surface area contributed by atoms with E-state index >= 15 is 0 Å². The van der Waals surface area contributed by atoms with E-state index in [0.29, 0.717) is 18.7 Å². The van der Waals surface area contributed by atoms with E-state index < -0.39 is 0 Å². The summed E-state index contributed by atoms with van der Waals surface area (Å²) < 4.78 is 0. The molecule has 0 saturated carbocycles. The third-order valence-corrected chi connectivity index (χ3v) is 5.84. The molecule has 32 heavy (non-hydrogen) atoms. The average molecular weight is 428 g/mol. The molecule has 0 spiro atoms. The number of H-pyrrole nitrogens is 1. The molecule has 4 aromatic rings. The summed E-state index contributed by atoms with van der Waals surface area (Å²) in [5.41, 5.74) is 7.07. The van der Waals surface area contributed by atoms with Crippen molar-refractivity contribution in [3.05, 3.63) is 105 Å². The summed E-state index contributed by atoms with van der Waals surface area (Å²) >= 11 is 0. The molecule has 0 aliphatic rings. The van der Waals surface area contributed by atoms with E-state index in [0.717, 1.165) is 28.8 Å². The number of aromatic amines is 1. The Hall–Kier alpha value is -3.57. The highest BCUT2D eigenvalue weighted by Crippen LogP contribution is 2.21. The van der Waals surface area contributed by atoms with Crippen LogP contribution in [0.3, 0.4) is 0 Å². The van der Waals surface area contributed by atoms with Crippen LogP contribution >= 0.6 is 0 Å². The molecule has 1 heterocycles. The number of aliphatic hydroxyl groups is 1. The Morgan fingerprint density at radius 1 is 0.938 bits per heavy atom. The van der Waals surface area contributed by atoms with Crippen LogP contribution in [0.5, 0.6) is 0 Å². The van der Waals surface area contributed by atoms with Crippen molar-refractivity contribution in [1.29, 1.82) is 0 Å². The molecule has 0 amide bonds. The van der Waals surface area contributed by atoms with Crippen molar-refractivity contribution in [3.63, 3.8) is 0 Å². The number of pyridine rings is 1. The van der Waals surface area contributed by atoms with Crippen molar-refractivity contribution >= 4 is 22.3 Å². The van der Waals surface area contributed by atoms with Crippen LogP contribution < -0.4 is 15.8 Å². The second-order valence-corrected chi connectivity index (χ2v) is 8.18. The normalized spacial score (nSPS) is 11.0. The van der Waals surface area contributed by atoms with Crippen molar-refractivity contribution in [2.24, 2.45) is 0 Å². The lowest BCUT2D eigenvalue weighted by molar-refractivity contribution is 0.301. The van der Waals surface area contributed by atoms with Gasteiger partial charge < -0.3 is 20.3 Å². The predicted octanol–water partition coefficient (Wildman–Crippen LogP) is 4.76. The zero-order chi connectivity index (χ0) is 22.5. The minimum Gasteiger partial charge on any atom is -0.395 e. The van der Waals surface area contributed by atoms with Crippen LogP contribution in [0.4, 0.5) is 11.4 Å². The third kappa shape index (κ3) is 5.01. The Balaban J connectivity index is 1.47. The summed E-state index contributed by atoms with van der Waals surface area (Å²) in [6.45, 7) is 5.97. The molecular formula is C27H29N3O2. The highest BCUT2D eigenvalue weighted by molar-refractivity contribution is 5.80. The summed E-state index contributed by atoms with van der Waals surface area (Å²) in [5.74, 6) is 0. The first-order chi connectivity index (χ1) is 15.5. The van der Waals surface area contributed by atoms with Gasteiger partial charge in [0.05, 0.1) is 6.61 Å². The van der Waals surface area contributed by atoms with Crippen molar-refractivity contribution in [2.45, 2.75) is 26.9 Å². The zero-order valence-electron chi connectivity index (χ0n) is 18.6. The summed E-state index contributed by atoms with van der Waals surface area (Å²) in [7, 11) is 0. The van der Waals surface area contributed by atoms with Crippen LogP contribution in [0, 0.1) is 13.8 Å². The molecule has 0 bridgehead atoms. The first-order valence-electron chi connectivity index (χ1n) is 10.9. The lowest BCUT2D eigenvalue weighted by atomic mass is 10.0. The van der Waals surface area contributed by atoms with Crippen molar-refractivity contribution in [3.8, 4) is 0 Å². The fourth-order valence-electron chi connectivity index (χ4n) is 3.86. The van der Waals surface area contributed by atoms with E-state index in [-0.39, 0.29) is 12.2 Å². The molecule has 0 fully saturated rings. The number of aryl methyl sites for hydroxylation is 2. The van der Waals surface area contributed by atoms with Crippen molar-refractivity contribution in [1.82, 2.24) is 4.98 Å². The molecule has 0 aliphatic carbocycles. The molecule has 5 nitrogen and oxygen atoms in total. The molecule has 0 unspecified atom stereocenters. The number of aliphatic hydroxyl groups excluding tert-OH is 1. The number of benzene rings is 3. The smallest absolute Gasteiger partial charge is 0.253 e. The maximum absolute atomic E-state index is 12.5. The Labute approximate surface area is 188 Å². The van der Waals surface area contributed by atoms with Crippen LogP contribution in [-0.2, 0) is 13.1 Å². The quantitative estimate of drug-likeness (QED) is 0.379. The number of nitrogens with zero attached hydrogens (tertiary/aromatic N) is 1. The van der Waals surface area contributed by atoms with Crippen molar-refractivity contribution < 1.29 is 5.11 Å². The Kier molecular flexibility index (Phi) is 6.57. The topological polar surface area (TPSA) is 68.4 Å². The van der Waals surface area contributed by atoms with E-state index in [1.165, 1.54) is 16.7 Å². The third-order valence-electron chi connectivity index (χ3n) is 5.84. The summed E-state index contributed by atoms with van der Waals surface area (Å²) in [5, 5.41) is 13.9. The van der Waals surface area contributed by atoms with Crippen LogP contribution in [-0.4, -0.2) is 23.2 Å². The minimum atomic E-state index is -0.0677. The van der Waals surface area contributed by atoms with Gasteiger partial charge in [-0.25, -0.2) is 0 Å². The number of hydrogen-bond donors (Lipinski definition) is 3. The van der Waals surface area contributed by atoms with Crippen molar-refractivity contribution in [2.75, 3.05) is 23.4 Å².